The number of likely N-dealkylation sites (N-methyl/N-ethyl adjacent to an activating group) is 1. The van der Waals surface area contributed by atoms with Gasteiger partial charge < -0.3 is 9.55 Å². The van der Waals surface area contributed by atoms with Crippen LogP contribution in [0.5, 0.6) is 0 Å². The van der Waals surface area contributed by atoms with Gasteiger partial charge in [-0.25, -0.2) is 0 Å². The maximum Gasteiger partial charge on any atom is 0.178 e. The molecule has 3 nitrogen and oxygen atoms in total. The first-order valence-electron chi connectivity index (χ1n) is 6.98. The molecule has 0 bridgehead atoms. The highest BCUT2D eigenvalue weighted by molar-refractivity contribution is 7.71. The number of nitrogens with one attached hydrogen (secondary N) is 1. The smallest absolute Gasteiger partial charge is 0.178 e. The molecule has 1 saturated carbocycles. The van der Waals surface area contributed by atoms with Crippen molar-refractivity contribution < 1.29 is 0 Å². The summed E-state index contributed by atoms with van der Waals surface area (Å²) in [5.74, 6) is 0. The minimum Gasteiger partial charge on any atom is -0.330 e. The molecular weight excluding hydrogens is 254 g/mol. The first-order chi connectivity index (χ1) is 9.08. The molecule has 19 heavy (non-hydrogen) atoms. The van der Waals surface area contributed by atoms with E-state index in [1.54, 1.807) is 0 Å². The topological polar surface area (TPSA) is 24.0 Å². The van der Waals surface area contributed by atoms with Gasteiger partial charge in [-0.2, -0.15) is 0 Å². The number of hydrogen-bond acceptors (Lipinski definition) is 2. The summed E-state index contributed by atoms with van der Waals surface area (Å²) in [6.07, 6.45) is 2.69. The monoisotopic (exact) mass is 275 g/mol. The fourth-order valence-corrected chi connectivity index (χ4v) is 3.01. The van der Waals surface area contributed by atoms with E-state index in [4.69, 9.17) is 12.2 Å². The lowest BCUT2D eigenvalue weighted by Crippen LogP contribution is -2.34. The van der Waals surface area contributed by atoms with E-state index in [1.807, 2.05) is 0 Å². The first kappa shape index (κ1) is 12.9. The molecule has 1 N–H and O–H groups in total. The number of H-pyrrole nitrogens is 1. The van der Waals surface area contributed by atoms with E-state index in [0.717, 1.165) is 17.4 Å². The number of hydrogen-bond donors (Lipinski definition) is 1. The van der Waals surface area contributed by atoms with Crippen molar-refractivity contribution >= 4 is 23.3 Å². The minimum atomic E-state index is 0.513. The molecule has 1 aliphatic carbocycles. The number of nitrogens with zero attached hydrogens (tertiary/aromatic N) is 2. The Morgan fingerprint density at radius 2 is 2.21 bits per heavy atom. The van der Waals surface area contributed by atoms with E-state index in [2.05, 4.69) is 53.5 Å². The predicted octanol–water partition coefficient (Wildman–Crippen LogP) is 3.49. The average Bonchev–Trinajstić information content (AvgIpc) is 3.17. The van der Waals surface area contributed by atoms with Crippen LogP contribution in [-0.4, -0.2) is 33.6 Å². The van der Waals surface area contributed by atoms with E-state index in [1.165, 1.54) is 29.4 Å². The highest BCUT2D eigenvalue weighted by Crippen LogP contribution is 2.28. The van der Waals surface area contributed by atoms with E-state index in [-0.39, 0.29) is 0 Å². The van der Waals surface area contributed by atoms with Gasteiger partial charge in [-0.15, -0.1) is 0 Å². The Morgan fingerprint density at radius 3 is 2.89 bits per heavy atom. The molecule has 0 radical (unpaired) electrons. The van der Waals surface area contributed by atoms with Crippen LogP contribution in [0.15, 0.2) is 18.2 Å². The van der Waals surface area contributed by atoms with Gasteiger partial charge >= 0.3 is 0 Å². The molecule has 1 unspecified atom stereocenters. The van der Waals surface area contributed by atoms with Crippen LogP contribution in [-0.2, 0) is 6.54 Å². The van der Waals surface area contributed by atoms with Crippen molar-refractivity contribution in [1.82, 2.24) is 14.5 Å². The van der Waals surface area contributed by atoms with Gasteiger partial charge in [0.05, 0.1) is 11.0 Å². The second-order valence-corrected chi connectivity index (χ2v) is 6.14. The molecule has 1 fully saturated rings. The Labute approximate surface area is 119 Å². The number of aromatic nitrogens is 2. The maximum absolute atomic E-state index is 5.49. The van der Waals surface area contributed by atoms with Gasteiger partial charge in [0, 0.05) is 18.6 Å². The normalized spacial score (nSPS) is 17.3. The molecule has 0 saturated heterocycles. The van der Waals surface area contributed by atoms with Crippen molar-refractivity contribution in [2.45, 2.75) is 45.3 Å². The van der Waals surface area contributed by atoms with E-state index in [0.29, 0.717) is 6.04 Å². The number of aromatic amines is 1. The Hall–Kier alpha value is -1.13. The lowest BCUT2D eigenvalue weighted by molar-refractivity contribution is 0.226. The number of benzene rings is 1. The zero-order valence-electron chi connectivity index (χ0n) is 11.8. The number of rotatable bonds is 4. The second kappa shape index (κ2) is 4.76. The Balaban J connectivity index is 1.94. The van der Waals surface area contributed by atoms with E-state index < -0.39 is 0 Å². The van der Waals surface area contributed by atoms with Crippen molar-refractivity contribution in [1.29, 1.82) is 0 Å². The van der Waals surface area contributed by atoms with Crippen LogP contribution in [0.4, 0.5) is 0 Å². The molecule has 2 aromatic rings. The average molecular weight is 275 g/mol. The molecule has 0 aliphatic heterocycles. The van der Waals surface area contributed by atoms with Crippen molar-refractivity contribution in [3.63, 3.8) is 0 Å². The molecule has 1 heterocycles. The molecule has 1 atom stereocenters. The number of para-hydroxylation sites is 1. The molecule has 3 rings (SSSR count). The zero-order valence-corrected chi connectivity index (χ0v) is 12.6. The summed E-state index contributed by atoms with van der Waals surface area (Å²) in [5.41, 5.74) is 3.65. The van der Waals surface area contributed by atoms with Gasteiger partial charge in [-0.1, -0.05) is 12.1 Å². The van der Waals surface area contributed by atoms with Crippen molar-refractivity contribution in [2.75, 3.05) is 7.05 Å². The fraction of sp³-hybridized carbons (Fsp3) is 0.533. The van der Waals surface area contributed by atoms with Gasteiger partial charge in [0.2, 0.25) is 0 Å². The predicted molar refractivity (Wildman–Crippen MR) is 82.1 cm³/mol. The quantitative estimate of drug-likeness (QED) is 0.864. The Morgan fingerprint density at radius 1 is 1.47 bits per heavy atom. The maximum atomic E-state index is 5.49. The highest BCUT2D eigenvalue weighted by Gasteiger charge is 2.29. The fourth-order valence-electron chi connectivity index (χ4n) is 2.74. The van der Waals surface area contributed by atoms with Crippen molar-refractivity contribution in [3.8, 4) is 0 Å². The van der Waals surface area contributed by atoms with Crippen LogP contribution in [0.2, 0.25) is 0 Å². The van der Waals surface area contributed by atoms with Gasteiger partial charge in [0.15, 0.2) is 4.77 Å². The summed E-state index contributed by atoms with van der Waals surface area (Å²) in [6.45, 7) is 5.36. The van der Waals surface area contributed by atoms with Crippen LogP contribution in [0.3, 0.4) is 0 Å². The summed E-state index contributed by atoms with van der Waals surface area (Å²) in [4.78, 5) is 5.83. The first-order valence-corrected chi connectivity index (χ1v) is 7.39. The third kappa shape index (κ3) is 2.35. The van der Waals surface area contributed by atoms with Gasteiger partial charge in [-0.05, 0) is 57.6 Å². The Bertz CT molecular complexity index is 651. The summed E-state index contributed by atoms with van der Waals surface area (Å²) >= 11 is 5.49. The van der Waals surface area contributed by atoms with Gasteiger partial charge in [0.1, 0.15) is 0 Å². The van der Waals surface area contributed by atoms with Crippen LogP contribution in [0.25, 0.3) is 11.0 Å². The molecule has 0 amide bonds. The molecule has 1 aromatic heterocycles. The highest BCUT2D eigenvalue weighted by atomic mass is 32.1. The molecule has 4 heteroatoms. The molecule has 0 spiro atoms. The number of imidazole rings is 1. The van der Waals surface area contributed by atoms with Crippen molar-refractivity contribution in [2.24, 2.45) is 0 Å². The number of aryl methyl sites for hydroxylation is 1. The summed E-state index contributed by atoms with van der Waals surface area (Å²) in [6, 6.07) is 7.68. The van der Waals surface area contributed by atoms with Crippen LogP contribution < -0.4 is 0 Å². The number of fused-ring (bicyclic) bond motifs is 1. The molecule has 1 aromatic carbocycles. The largest absolute Gasteiger partial charge is 0.330 e. The minimum absolute atomic E-state index is 0.513. The van der Waals surface area contributed by atoms with Crippen LogP contribution in [0.1, 0.15) is 25.3 Å². The second-order valence-electron chi connectivity index (χ2n) is 5.76. The molecule has 1 aliphatic rings. The lowest BCUT2D eigenvalue weighted by Gasteiger charge is -2.25. The van der Waals surface area contributed by atoms with Gasteiger partial charge in [0.25, 0.3) is 0 Å². The molecular formula is C15H21N3S. The summed E-state index contributed by atoms with van der Waals surface area (Å²) < 4.78 is 3.07. The van der Waals surface area contributed by atoms with Crippen molar-refractivity contribution in [3.05, 3.63) is 28.5 Å². The standard InChI is InChI=1S/C15H21N3S/c1-10-5-4-6-13-14(10)16-15(19)18(13)9-11(2)17(3)12-7-8-12/h4-6,11-12H,7-9H2,1-3H3,(H,16,19). The summed E-state index contributed by atoms with van der Waals surface area (Å²) in [7, 11) is 2.23. The third-order valence-corrected chi connectivity index (χ3v) is 4.61. The lowest BCUT2D eigenvalue weighted by atomic mass is 10.2. The van der Waals surface area contributed by atoms with E-state index in [9.17, 15) is 0 Å². The third-order valence-electron chi connectivity index (χ3n) is 4.28. The summed E-state index contributed by atoms with van der Waals surface area (Å²) in [5, 5.41) is 0. The Kier molecular flexibility index (Phi) is 3.23. The molecule has 102 valence electrons. The van der Waals surface area contributed by atoms with E-state index >= 15 is 0 Å². The van der Waals surface area contributed by atoms with Crippen LogP contribution >= 0.6 is 12.2 Å². The van der Waals surface area contributed by atoms with Crippen LogP contribution in [0, 0.1) is 11.7 Å². The van der Waals surface area contributed by atoms with Gasteiger partial charge in [-0.3, -0.25) is 4.90 Å². The zero-order chi connectivity index (χ0) is 13.6. The SMILES string of the molecule is Cc1cccc2c1[nH]c(=S)n2CC(C)N(C)C1CC1.